The topological polar surface area (TPSA) is 38.0 Å². The van der Waals surface area contributed by atoms with E-state index in [-0.39, 0.29) is 0 Å². The molecule has 0 aromatic rings. The Hall–Kier alpha value is -0.600. The van der Waals surface area contributed by atoms with Crippen LogP contribution in [0, 0.1) is 5.92 Å². The fraction of sp³-hybridized carbons (Fsp3) is 0.556. The van der Waals surface area contributed by atoms with E-state index in [1.54, 1.807) is 0 Å². The SMILES string of the molecule is CC1=CCC(C)[C@@H](NN)C=C1. The molecule has 1 aliphatic rings. The number of hydrogen-bond donors (Lipinski definition) is 2. The van der Waals surface area contributed by atoms with Gasteiger partial charge in [0.05, 0.1) is 0 Å². The van der Waals surface area contributed by atoms with E-state index < -0.39 is 0 Å². The quantitative estimate of drug-likeness (QED) is 0.440. The molecule has 2 nitrogen and oxygen atoms in total. The molecular weight excluding hydrogens is 136 g/mol. The summed E-state index contributed by atoms with van der Waals surface area (Å²) >= 11 is 0. The second-order valence-electron chi connectivity index (χ2n) is 3.21. The third kappa shape index (κ3) is 2.17. The third-order valence-electron chi connectivity index (χ3n) is 2.18. The van der Waals surface area contributed by atoms with Crippen LogP contribution < -0.4 is 11.3 Å². The molecule has 0 saturated heterocycles. The van der Waals surface area contributed by atoms with Gasteiger partial charge in [0.2, 0.25) is 0 Å². The Morgan fingerprint density at radius 2 is 2.36 bits per heavy atom. The number of rotatable bonds is 1. The molecule has 62 valence electrons. The minimum atomic E-state index is 0.323. The molecule has 11 heavy (non-hydrogen) atoms. The summed E-state index contributed by atoms with van der Waals surface area (Å²) in [6.45, 7) is 4.31. The van der Waals surface area contributed by atoms with E-state index in [0.29, 0.717) is 12.0 Å². The molecule has 1 rings (SSSR count). The maximum absolute atomic E-state index is 5.38. The number of hydrazine groups is 1. The first kappa shape index (κ1) is 8.50. The fourth-order valence-electron chi connectivity index (χ4n) is 1.25. The van der Waals surface area contributed by atoms with E-state index in [1.807, 2.05) is 0 Å². The predicted octanol–water partition coefficient (Wildman–Crippen LogP) is 1.36. The van der Waals surface area contributed by atoms with Crippen LogP contribution in [0.25, 0.3) is 0 Å². The van der Waals surface area contributed by atoms with Crippen molar-refractivity contribution in [2.45, 2.75) is 26.3 Å². The molecule has 2 atom stereocenters. The Morgan fingerprint density at radius 3 is 3.00 bits per heavy atom. The van der Waals surface area contributed by atoms with E-state index in [4.69, 9.17) is 5.84 Å². The average Bonchev–Trinajstić information content (AvgIpc) is 2.15. The van der Waals surface area contributed by atoms with Gasteiger partial charge < -0.3 is 0 Å². The van der Waals surface area contributed by atoms with Crippen molar-refractivity contribution >= 4 is 0 Å². The highest BCUT2D eigenvalue weighted by molar-refractivity contribution is 5.20. The van der Waals surface area contributed by atoms with Crippen LogP contribution in [0.4, 0.5) is 0 Å². The van der Waals surface area contributed by atoms with E-state index in [9.17, 15) is 0 Å². The Morgan fingerprint density at radius 1 is 1.64 bits per heavy atom. The van der Waals surface area contributed by atoms with Gasteiger partial charge in [0.15, 0.2) is 0 Å². The van der Waals surface area contributed by atoms with E-state index in [0.717, 1.165) is 6.42 Å². The predicted molar refractivity (Wildman–Crippen MR) is 47.8 cm³/mol. The van der Waals surface area contributed by atoms with Crippen molar-refractivity contribution in [3.63, 3.8) is 0 Å². The van der Waals surface area contributed by atoms with Crippen LogP contribution in [0.1, 0.15) is 20.3 Å². The molecule has 1 unspecified atom stereocenters. The number of nitrogens with two attached hydrogens (primary N) is 1. The largest absolute Gasteiger partial charge is 0.271 e. The molecule has 0 bridgehead atoms. The highest BCUT2D eigenvalue weighted by Crippen LogP contribution is 2.15. The molecule has 0 aromatic carbocycles. The first-order valence-corrected chi connectivity index (χ1v) is 4.05. The minimum absolute atomic E-state index is 0.323. The fourth-order valence-corrected chi connectivity index (χ4v) is 1.25. The molecule has 0 radical (unpaired) electrons. The van der Waals surface area contributed by atoms with Gasteiger partial charge in [-0.15, -0.1) is 0 Å². The summed E-state index contributed by atoms with van der Waals surface area (Å²) in [6.07, 6.45) is 7.60. The normalized spacial score (nSPS) is 31.4. The van der Waals surface area contributed by atoms with Gasteiger partial charge in [-0.2, -0.15) is 0 Å². The van der Waals surface area contributed by atoms with Crippen molar-refractivity contribution in [1.82, 2.24) is 5.43 Å². The molecule has 3 N–H and O–H groups in total. The van der Waals surface area contributed by atoms with Gasteiger partial charge in [0.1, 0.15) is 0 Å². The second-order valence-corrected chi connectivity index (χ2v) is 3.21. The van der Waals surface area contributed by atoms with Gasteiger partial charge in [-0.1, -0.05) is 30.7 Å². The lowest BCUT2D eigenvalue weighted by Crippen LogP contribution is -2.37. The smallest absolute Gasteiger partial charge is 0.0422 e. The Kier molecular flexibility index (Phi) is 2.85. The summed E-state index contributed by atoms with van der Waals surface area (Å²) in [5.74, 6) is 5.98. The average molecular weight is 152 g/mol. The van der Waals surface area contributed by atoms with E-state index in [2.05, 4.69) is 37.5 Å². The Balaban J connectivity index is 2.66. The van der Waals surface area contributed by atoms with Gasteiger partial charge in [0, 0.05) is 6.04 Å². The standard InChI is InChI=1S/C9H16N2/c1-7-3-5-8(2)9(11-10)6-4-7/h3-4,6,8-9,11H,5,10H2,1-2H3/t8?,9-/m0/s1. The van der Waals surface area contributed by atoms with Crippen LogP contribution in [0.5, 0.6) is 0 Å². The van der Waals surface area contributed by atoms with Crippen LogP contribution in [-0.4, -0.2) is 6.04 Å². The zero-order valence-electron chi connectivity index (χ0n) is 7.17. The Bertz CT molecular complexity index is 182. The van der Waals surface area contributed by atoms with Gasteiger partial charge >= 0.3 is 0 Å². The highest BCUT2D eigenvalue weighted by atomic mass is 15.2. The van der Waals surface area contributed by atoms with Gasteiger partial charge in [-0.05, 0) is 19.3 Å². The molecular formula is C9H16N2. The zero-order chi connectivity index (χ0) is 8.27. The van der Waals surface area contributed by atoms with Gasteiger partial charge in [-0.3, -0.25) is 11.3 Å². The van der Waals surface area contributed by atoms with Crippen LogP contribution in [-0.2, 0) is 0 Å². The zero-order valence-corrected chi connectivity index (χ0v) is 7.17. The first-order chi connectivity index (χ1) is 5.24. The third-order valence-corrected chi connectivity index (χ3v) is 2.18. The molecule has 0 aromatic heterocycles. The first-order valence-electron chi connectivity index (χ1n) is 4.05. The minimum Gasteiger partial charge on any atom is -0.271 e. The summed E-state index contributed by atoms with van der Waals surface area (Å²) in [4.78, 5) is 0. The molecule has 0 heterocycles. The van der Waals surface area contributed by atoms with Crippen molar-refractivity contribution < 1.29 is 0 Å². The number of allylic oxidation sites excluding steroid dienone is 3. The van der Waals surface area contributed by atoms with Crippen molar-refractivity contribution in [1.29, 1.82) is 0 Å². The van der Waals surface area contributed by atoms with Crippen LogP contribution in [0.15, 0.2) is 23.8 Å². The maximum atomic E-state index is 5.38. The number of nitrogens with one attached hydrogen (secondary N) is 1. The van der Waals surface area contributed by atoms with Crippen LogP contribution in [0.3, 0.4) is 0 Å². The molecule has 0 amide bonds. The summed E-state index contributed by atoms with van der Waals surface area (Å²) < 4.78 is 0. The molecule has 2 heteroatoms. The molecule has 1 aliphatic carbocycles. The molecule has 0 saturated carbocycles. The van der Waals surface area contributed by atoms with Crippen molar-refractivity contribution in [2.75, 3.05) is 0 Å². The maximum Gasteiger partial charge on any atom is 0.0422 e. The van der Waals surface area contributed by atoms with Crippen molar-refractivity contribution in [2.24, 2.45) is 11.8 Å². The molecule has 0 fully saturated rings. The number of hydrogen-bond acceptors (Lipinski definition) is 2. The lowest BCUT2D eigenvalue weighted by atomic mass is 10.0. The van der Waals surface area contributed by atoms with Crippen LogP contribution in [0.2, 0.25) is 0 Å². The second kappa shape index (κ2) is 3.69. The van der Waals surface area contributed by atoms with E-state index >= 15 is 0 Å². The lowest BCUT2D eigenvalue weighted by Gasteiger charge is -2.16. The summed E-state index contributed by atoms with van der Waals surface area (Å²) in [7, 11) is 0. The Labute approximate surface area is 68.1 Å². The highest BCUT2D eigenvalue weighted by Gasteiger charge is 2.12. The van der Waals surface area contributed by atoms with Crippen LogP contribution >= 0.6 is 0 Å². The summed E-state index contributed by atoms with van der Waals surface area (Å²) in [5.41, 5.74) is 4.12. The summed E-state index contributed by atoms with van der Waals surface area (Å²) in [6, 6.07) is 0.323. The van der Waals surface area contributed by atoms with E-state index in [1.165, 1.54) is 5.57 Å². The van der Waals surface area contributed by atoms with Gasteiger partial charge in [-0.25, -0.2) is 0 Å². The molecule has 0 aliphatic heterocycles. The monoisotopic (exact) mass is 152 g/mol. The summed E-state index contributed by atoms with van der Waals surface area (Å²) in [5, 5.41) is 0. The van der Waals surface area contributed by atoms with Gasteiger partial charge in [0.25, 0.3) is 0 Å². The van der Waals surface area contributed by atoms with Crippen molar-refractivity contribution in [3.8, 4) is 0 Å². The molecule has 0 spiro atoms. The van der Waals surface area contributed by atoms with Crippen molar-refractivity contribution in [3.05, 3.63) is 23.8 Å². The lowest BCUT2D eigenvalue weighted by molar-refractivity contribution is 0.448.